The summed E-state index contributed by atoms with van der Waals surface area (Å²) in [5.41, 5.74) is 6.37. The van der Waals surface area contributed by atoms with E-state index in [0.717, 1.165) is 65.0 Å². The molecule has 5 nitrogen and oxygen atoms in total. The van der Waals surface area contributed by atoms with E-state index in [4.69, 9.17) is 9.40 Å². The van der Waals surface area contributed by atoms with E-state index < -0.39 is 10.0 Å². The van der Waals surface area contributed by atoms with Gasteiger partial charge in [-0.15, -0.1) is 0 Å². The summed E-state index contributed by atoms with van der Waals surface area (Å²) in [5, 5.41) is 0. The van der Waals surface area contributed by atoms with Gasteiger partial charge >= 0.3 is 0 Å². The normalized spacial score (nSPS) is 15.3. The minimum Gasteiger partial charge on any atom is -0.436 e. The molecular formula is C35H32N2O3S. The van der Waals surface area contributed by atoms with Crippen LogP contribution in [0.1, 0.15) is 36.3 Å². The molecule has 1 atom stereocenters. The molecule has 1 aromatic heterocycles. The van der Waals surface area contributed by atoms with Crippen molar-refractivity contribution in [3.8, 4) is 22.6 Å². The van der Waals surface area contributed by atoms with Gasteiger partial charge < -0.3 is 4.42 Å². The molecule has 1 aliphatic rings. The predicted molar refractivity (Wildman–Crippen MR) is 166 cm³/mol. The van der Waals surface area contributed by atoms with Crippen molar-refractivity contribution in [1.82, 2.24) is 4.98 Å². The van der Waals surface area contributed by atoms with Crippen LogP contribution in [0.3, 0.4) is 0 Å². The van der Waals surface area contributed by atoms with Gasteiger partial charge in [-0.1, -0.05) is 109 Å². The van der Waals surface area contributed by atoms with Gasteiger partial charge in [0.05, 0.1) is 5.75 Å². The molecule has 0 spiro atoms. The fraction of sp³-hybridized carbons (Fsp3) is 0.171. The Labute approximate surface area is 241 Å². The van der Waals surface area contributed by atoms with Crippen molar-refractivity contribution in [3.63, 3.8) is 0 Å². The molecule has 0 saturated heterocycles. The molecule has 6 rings (SSSR count). The molecule has 0 saturated carbocycles. The van der Waals surface area contributed by atoms with Crippen molar-refractivity contribution >= 4 is 21.3 Å². The van der Waals surface area contributed by atoms with Crippen LogP contribution in [-0.4, -0.2) is 13.4 Å². The zero-order chi connectivity index (χ0) is 28.1. The second kappa shape index (κ2) is 12.0. The summed E-state index contributed by atoms with van der Waals surface area (Å²) in [5.74, 6) is 1.58. The number of sulfonamides is 1. The zero-order valence-electron chi connectivity index (χ0n) is 22.7. The first-order valence-electron chi connectivity index (χ1n) is 14.0. The van der Waals surface area contributed by atoms with Gasteiger partial charge in [0.25, 0.3) is 0 Å². The van der Waals surface area contributed by atoms with E-state index >= 15 is 0 Å². The summed E-state index contributed by atoms with van der Waals surface area (Å²) in [7, 11) is -3.53. The number of oxazole rings is 1. The van der Waals surface area contributed by atoms with Gasteiger partial charge in [-0.2, -0.15) is 0 Å². The standard InChI is InChI=1S/C35H32N2O3S/c38-41(39,25-26-13-4-1-5-14-26)37-31-21-12-15-27(24-31)23-30-20-10-11-22-32(30)35-36-33(28-16-6-2-7-17-28)34(40-35)29-18-8-3-9-19-29/h1-9,12-19,21-22,24,30,37H,10-11,20,23,25H2. The van der Waals surface area contributed by atoms with Crippen LogP contribution in [-0.2, 0) is 22.2 Å². The first-order chi connectivity index (χ1) is 20.0. The fourth-order valence-corrected chi connectivity index (χ4v) is 6.68. The molecule has 41 heavy (non-hydrogen) atoms. The van der Waals surface area contributed by atoms with Gasteiger partial charge in [0.15, 0.2) is 5.76 Å². The molecule has 1 aliphatic carbocycles. The molecule has 0 aliphatic heterocycles. The van der Waals surface area contributed by atoms with E-state index in [9.17, 15) is 8.42 Å². The highest BCUT2D eigenvalue weighted by Gasteiger charge is 2.26. The Morgan fingerprint density at radius 1 is 0.780 bits per heavy atom. The van der Waals surface area contributed by atoms with Crippen molar-refractivity contribution in [2.24, 2.45) is 5.92 Å². The molecule has 5 aromatic rings. The SMILES string of the molecule is O=S(=O)(Cc1ccccc1)Nc1cccc(CC2CCCC=C2c2nc(-c3ccccc3)c(-c3ccccc3)o2)c1. The molecular weight excluding hydrogens is 528 g/mol. The van der Waals surface area contributed by atoms with Crippen LogP contribution < -0.4 is 4.72 Å². The highest BCUT2D eigenvalue weighted by molar-refractivity contribution is 7.91. The number of aromatic nitrogens is 1. The predicted octanol–water partition coefficient (Wildman–Crippen LogP) is 8.38. The smallest absolute Gasteiger partial charge is 0.236 e. The molecule has 1 unspecified atom stereocenters. The lowest BCUT2D eigenvalue weighted by atomic mass is 9.83. The largest absolute Gasteiger partial charge is 0.436 e. The number of nitrogens with one attached hydrogen (secondary N) is 1. The molecule has 0 bridgehead atoms. The van der Waals surface area contributed by atoms with E-state index in [2.05, 4.69) is 29.0 Å². The van der Waals surface area contributed by atoms with Crippen LogP contribution in [0, 0.1) is 5.92 Å². The molecule has 1 heterocycles. The summed E-state index contributed by atoms with van der Waals surface area (Å²) < 4.78 is 35.0. The Morgan fingerprint density at radius 3 is 2.17 bits per heavy atom. The van der Waals surface area contributed by atoms with Crippen molar-refractivity contribution in [3.05, 3.63) is 138 Å². The Bertz CT molecular complexity index is 1690. The second-order valence-corrected chi connectivity index (χ2v) is 12.2. The first kappa shape index (κ1) is 26.8. The summed E-state index contributed by atoms with van der Waals surface area (Å²) >= 11 is 0. The van der Waals surface area contributed by atoms with Gasteiger partial charge in [0.1, 0.15) is 5.69 Å². The van der Waals surface area contributed by atoms with Crippen LogP contribution in [0.5, 0.6) is 0 Å². The number of anilines is 1. The quantitative estimate of drug-likeness (QED) is 0.197. The number of rotatable bonds is 9. The molecule has 206 valence electrons. The van der Waals surface area contributed by atoms with Crippen LogP contribution in [0.2, 0.25) is 0 Å². The van der Waals surface area contributed by atoms with Crippen LogP contribution >= 0.6 is 0 Å². The molecule has 4 aromatic carbocycles. The summed E-state index contributed by atoms with van der Waals surface area (Å²) in [6, 6.07) is 37.2. The van der Waals surface area contributed by atoms with Gasteiger partial charge in [-0.25, -0.2) is 13.4 Å². The Kier molecular flexibility index (Phi) is 7.83. The molecule has 6 heteroatoms. The van der Waals surface area contributed by atoms with Crippen LogP contribution in [0.15, 0.2) is 126 Å². The van der Waals surface area contributed by atoms with Crippen molar-refractivity contribution in [2.75, 3.05) is 4.72 Å². The van der Waals surface area contributed by atoms with Gasteiger partial charge in [0.2, 0.25) is 15.9 Å². The third-order valence-electron chi connectivity index (χ3n) is 7.40. The monoisotopic (exact) mass is 560 g/mol. The second-order valence-electron chi connectivity index (χ2n) is 10.5. The Hall–Kier alpha value is -4.42. The average molecular weight is 561 g/mol. The maximum Gasteiger partial charge on any atom is 0.236 e. The average Bonchev–Trinajstić information content (AvgIpc) is 3.44. The summed E-state index contributed by atoms with van der Waals surface area (Å²) in [6.07, 6.45) is 6.11. The van der Waals surface area contributed by atoms with Crippen molar-refractivity contribution < 1.29 is 12.8 Å². The van der Waals surface area contributed by atoms with E-state index in [1.54, 1.807) is 6.07 Å². The minimum absolute atomic E-state index is 0.0642. The van der Waals surface area contributed by atoms with E-state index in [1.165, 1.54) is 0 Å². The number of allylic oxidation sites excluding steroid dienone is 2. The minimum atomic E-state index is -3.53. The Balaban J connectivity index is 1.26. The molecule has 0 amide bonds. The maximum absolute atomic E-state index is 12.8. The number of nitrogens with zero attached hydrogens (tertiary/aromatic N) is 1. The lowest BCUT2D eigenvalue weighted by molar-refractivity contribution is 0.505. The lowest BCUT2D eigenvalue weighted by Gasteiger charge is -2.23. The molecule has 1 N–H and O–H groups in total. The summed E-state index contributed by atoms with van der Waals surface area (Å²) in [6.45, 7) is 0. The number of hydrogen-bond acceptors (Lipinski definition) is 4. The zero-order valence-corrected chi connectivity index (χ0v) is 23.6. The highest BCUT2D eigenvalue weighted by atomic mass is 32.2. The Morgan fingerprint density at radius 2 is 1.44 bits per heavy atom. The van der Waals surface area contributed by atoms with E-state index in [-0.39, 0.29) is 11.7 Å². The van der Waals surface area contributed by atoms with Crippen molar-refractivity contribution in [2.45, 2.75) is 31.4 Å². The highest BCUT2D eigenvalue weighted by Crippen LogP contribution is 2.40. The van der Waals surface area contributed by atoms with E-state index in [0.29, 0.717) is 11.6 Å². The first-order valence-corrected chi connectivity index (χ1v) is 15.6. The third-order valence-corrected chi connectivity index (χ3v) is 8.66. The van der Waals surface area contributed by atoms with Crippen LogP contribution in [0.4, 0.5) is 5.69 Å². The number of benzene rings is 4. The van der Waals surface area contributed by atoms with Crippen LogP contribution in [0.25, 0.3) is 28.2 Å². The van der Waals surface area contributed by atoms with E-state index in [1.807, 2.05) is 91.0 Å². The lowest BCUT2D eigenvalue weighted by Crippen LogP contribution is -2.15. The molecule has 0 fully saturated rings. The van der Waals surface area contributed by atoms with Gasteiger partial charge in [0, 0.05) is 22.4 Å². The van der Waals surface area contributed by atoms with Gasteiger partial charge in [-0.05, 0) is 54.9 Å². The van der Waals surface area contributed by atoms with Gasteiger partial charge in [-0.3, -0.25) is 4.72 Å². The fourth-order valence-electron chi connectivity index (χ4n) is 5.49. The summed E-state index contributed by atoms with van der Waals surface area (Å²) in [4.78, 5) is 5.05. The maximum atomic E-state index is 12.8. The topological polar surface area (TPSA) is 72.2 Å². The van der Waals surface area contributed by atoms with Crippen molar-refractivity contribution in [1.29, 1.82) is 0 Å². The molecule has 0 radical (unpaired) electrons. The third kappa shape index (κ3) is 6.50. The number of hydrogen-bond donors (Lipinski definition) is 1.